The predicted octanol–water partition coefficient (Wildman–Crippen LogP) is 5.87. The average Bonchev–Trinajstić information content (AvgIpc) is 3.14. The van der Waals surface area contributed by atoms with Gasteiger partial charge in [0.15, 0.2) is 5.65 Å². The Bertz CT molecular complexity index is 1580. The summed E-state index contributed by atoms with van der Waals surface area (Å²) in [6.07, 6.45) is 3.63. The summed E-state index contributed by atoms with van der Waals surface area (Å²) in [5.74, 6) is 0. The molecule has 0 N–H and O–H groups in total. The molecule has 4 heterocycles. The highest BCUT2D eigenvalue weighted by Gasteiger charge is 2.17. The maximum Gasteiger partial charge on any atom is 0.178 e. The third-order valence-corrected chi connectivity index (χ3v) is 5.76. The zero-order valence-electron chi connectivity index (χ0n) is 16.2. The quantitative estimate of drug-likeness (QED) is 0.338. The molecule has 4 nitrogen and oxygen atoms in total. The van der Waals surface area contributed by atoms with Crippen molar-refractivity contribution in [3.8, 4) is 11.1 Å². The van der Waals surface area contributed by atoms with Gasteiger partial charge >= 0.3 is 0 Å². The van der Waals surface area contributed by atoms with Gasteiger partial charge in [0.2, 0.25) is 0 Å². The third-order valence-electron chi connectivity index (χ3n) is 5.76. The van der Waals surface area contributed by atoms with Crippen molar-refractivity contribution >= 4 is 38.6 Å². The van der Waals surface area contributed by atoms with E-state index in [2.05, 4.69) is 71.8 Å². The number of hydrogen-bond acceptors (Lipinski definition) is 3. The molecule has 4 aromatic heterocycles. The number of hydrogen-bond donors (Lipinski definition) is 0. The zero-order valence-corrected chi connectivity index (χ0v) is 16.2. The van der Waals surface area contributed by atoms with Gasteiger partial charge in [0.25, 0.3) is 0 Å². The molecule has 138 valence electrons. The molecular weight excluding hydrogens is 356 g/mol. The SMILES string of the molecule is Cc1ccccc1-c1cc2c3cccnc3n3c4cccnc4nc3c2cc1C. The molecule has 0 aliphatic carbocycles. The van der Waals surface area contributed by atoms with E-state index < -0.39 is 0 Å². The summed E-state index contributed by atoms with van der Waals surface area (Å²) in [6.45, 7) is 4.33. The van der Waals surface area contributed by atoms with Crippen molar-refractivity contribution in [2.24, 2.45) is 0 Å². The summed E-state index contributed by atoms with van der Waals surface area (Å²) in [7, 11) is 0. The standard InChI is InChI=1S/C25H18N4/c1-15-7-3-4-8-17(15)19-14-20-18-9-5-12-27-24(18)29-22-10-6-11-26-23(22)28-25(29)21(20)13-16(19)2/h3-14H,1-2H3. The average molecular weight is 374 g/mol. The minimum Gasteiger partial charge on any atom is -0.274 e. The van der Waals surface area contributed by atoms with Crippen molar-refractivity contribution in [3.63, 3.8) is 0 Å². The Morgan fingerprint density at radius 3 is 2.38 bits per heavy atom. The molecule has 6 rings (SSSR count). The molecule has 0 fully saturated rings. The van der Waals surface area contributed by atoms with Gasteiger partial charge in [-0.2, -0.15) is 0 Å². The normalized spacial score (nSPS) is 11.8. The van der Waals surface area contributed by atoms with E-state index in [1.54, 1.807) is 6.20 Å². The van der Waals surface area contributed by atoms with Gasteiger partial charge in [0, 0.05) is 23.2 Å². The first-order valence-electron chi connectivity index (χ1n) is 9.72. The Labute approximate surface area is 167 Å². The number of imidazole rings is 1. The molecule has 0 aliphatic heterocycles. The number of aromatic nitrogens is 4. The van der Waals surface area contributed by atoms with E-state index in [9.17, 15) is 0 Å². The Morgan fingerprint density at radius 1 is 0.655 bits per heavy atom. The van der Waals surface area contributed by atoms with E-state index in [4.69, 9.17) is 9.97 Å². The van der Waals surface area contributed by atoms with Gasteiger partial charge in [-0.1, -0.05) is 24.3 Å². The van der Waals surface area contributed by atoms with Crippen LogP contribution in [-0.4, -0.2) is 19.4 Å². The van der Waals surface area contributed by atoms with Gasteiger partial charge in [-0.15, -0.1) is 0 Å². The molecule has 4 heteroatoms. The molecule has 0 unspecified atom stereocenters. The molecule has 0 atom stereocenters. The third kappa shape index (κ3) is 2.23. The van der Waals surface area contributed by atoms with Gasteiger partial charge in [-0.05, 0) is 77.9 Å². The van der Waals surface area contributed by atoms with Crippen molar-refractivity contribution in [2.75, 3.05) is 0 Å². The summed E-state index contributed by atoms with van der Waals surface area (Å²) in [5, 5.41) is 3.41. The van der Waals surface area contributed by atoms with Crippen LogP contribution in [0, 0.1) is 13.8 Å². The molecule has 0 aliphatic rings. The molecule has 2 aromatic carbocycles. The smallest absolute Gasteiger partial charge is 0.178 e. The maximum absolute atomic E-state index is 4.87. The Kier molecular flexibility index (Phi) is 3.27. The van der Waals surface area contributed by atoms with Crippen LogP contribution in [0.1, 0.15) is 11.1 Å². The molecule has 0 saturated heterocycles. The minimum atomic E-state index is 0.743. The van der Waals surface area contributed by atoms with E-state index in [1.165, 1.54) is 27.6 Å². The molecule has 0 spiro atoms. The van der Waals surface area contributed by atoms with Crippen LogP contribution in [0.25, 0.3) is 49.7 Å². The van der Waals surface area contributed by atoms with Gasteiger partial charge in [-0.25, -0.2) is 15.0 Å². The Balaban J connectivity index is 1.85. The van der Waals surface area contributed by atoms with Gasteiger partial charge < -0.3 is 0 Å². The van der Waals surface area contributed by atoms with Crippen LogP contribution in [0.4, 0.5) is 0 Å². The lowest BCUT2D eigenvalue weighted by atomic mass is 9.93. The Morgan fingerprint density at radius 2 is 1.48 bits per heavy atom. The summed E-state index contributed by atoms with van der Waals surface area (Å²) < 4.78 is 2.13. The highest BCUT2D eigenvalue weighted by molar-refractivity contribution is 6.14. The van der Waals surface area contributed by atoms with E-state index >= 15 is 0 Å². The van der Waals surface area contributed by atoms with Gasteiger partial charge in [0.1, 0.15) is 11.3 Å². The first-order valence-corrected chi connectivity index (χ1v) is 9.72. The topological polar surface area (TPSA) is 43.1 Å². The van der Waals surface area contributed by atoms with Crippen LogP contribution in [-0.2, 0) is 0 Å². The monoisotopic (exact) mass is 374 g/mol. The first-order chi connectivity index (χ1) is 14.2. The Hall–Kier alpha value is -3.79. The van der Waals surface area contributed by atoms with Crippen molar-refractivity contribution < 1.29 is 0 Å². The maximum atomic E-state index is 4.87. The molecule has 0 radical (unpaired) electrons. The predicted molar refractivity (Wildman–Crippen MR) is 118 cm³/mol. The van der Waals surface area contributed by atoms with Crippen LogP contribution >= 0.6 is 0 Å². The number of aryl methyl sites for hydroxylation is 2. The van der Waals surface area contributed by atoms with Gasteiger partial charge in [0.05, 0.1) is 5.52 Å². The minimum absolute atomic E-state index is 0.743. The largest absolute Gasteiger partial charge is 0.274 e. The van der Waals surface area contributed by atoms with Crippen LogP contribution in [0.15, 0.2) is 73.1 Å². The van der Waals surface area contributed by atoms with Crippen LogP contribution < -0.4 is 0 Å². The van der Waals surface area contributed by atoms with E-state index in [1.807, 2.05) is 18.3 Å². The zero-order chi connectivity index (χ0) is 19.5. The number of benzene rings is 2. The molecule has 6 aromatic rings. The number of rotatable bonds is 1. The summed E-state index contributed by atoms with van der Waals surface area (Å²) >= 11 is 0. The van der Waals surface area contributed by atoms with Crippen molar-refractivity contribution in [2.45, 2.75) is 13.8 Å². The fourth-order valence-corrected chi connectivity index (χ4v) is 4.38. The lowest BCUT2D eigenvalue weighted by Crippen LogP contribution is -1.95. The highest BCUT2D eigenvalue weighted by Crippen LogP contribution is 2.36. The second kappa shape index (κ2) is 5.85. The number of fused-ring (bicyclic) bond motifs is 8. The molecule has 0 saturated carbocycles. The number of nitrogens with zero attached hydrogens (tertiary/aromatic N) is 4. The summed E-state index contributed by atoms with van der Waals surface area (Å²) in [5.41, 5.74) is 8.55. The van der Waals surface area contributed by atoms with E-state index in [0.717, 1.165) is 33.2 Å². The van der Waals surface area contributed by atoms with Crippen molar-refractivity contribution in [1.82, 2.24) is 19.4 Å². The van der Waals surface area contributed by atoms with Crippen molar-refractivity contribution in [3.05, 3.63) is 84.2 Å². The van der Waals surface area contributed by atoms with Crippen LogP contribution in [0.5, 0.6) is 0 Å². The van der Waals surface area contributed by atoms with E-state index in [-0.39, 0.29) is 0 Å². The number of pyridine rings is 3. The lowest BCUT2D eigenvalue weighted by molar-refractivity contribution is 1.23. The van der Waals surface area contributed by atoms with Gasteiger partial charge in [-0.3, -0.25) is 4.40 Å². The fraction of sp³-hybridized carbons (Fsp3) is 0.0800. The summed E-state index contributed by atoms with van der Waals surface area (Å²) in [6, 6.07) is 21.2. The van der Waals surface area contributed by atoms with Crippen molar-refractivity contribution in [1.29, 1.82) is 0 Å². The lowest BCUT2D eigenvalue weighted by Gasteiger charge is -2.14. The molecular formula is C25H18N4. The second-order valence-electron chi connectivity index (χ2n) is 7.52. The highest BCUT2D eigenvalue weighted by atomic mass is 15.1. The van der Waals surface area contributed by atoms with Crippen LogP contribution in [0.2, 0.25) is 0 Å². The summed E-state index contributed by atoms with van der Waals surface area (Å²) in [4.78, 5) is 14.1. The van der Waals surface area contributed by atoms with E-state index in [0.29, 0.717) is 0 Å². The first kappa shape index (κ1) is 16.2. The van der Waals surface area contributed by atoms with Crippen LogP contribution in [0.3, 0.4) is 0 Å². The molecule has 0 bridgehead atoms. The fourth-order valence-electron chi connectivity index (χ4n) is 4.38. The molecule has 0 amide bonds. The second-order valence-corrected chi connectivity index (χ2v) is 7.52. The molecule has 29 heavy (non-hydrogen) atoms.